The Labute approximate surface area is 215 Å². The molecule has 0 amide bonds. The van der Waals surface area contributed by atoms with Gasteiger partial charge in [0.05, 0.1) is 9.79 Å². The van der Waals surface area contributed by atoms with E-state index in [-0.39, 0.29) is 0 Å². The van der Waals surface area contributed by atoms with Crippen LogP contribution >= 0.6 is 23.5 Å². The van der Waals surface area contributed by atoms with Crippen molar-refractivity contribution in [1.82, 2.24) is 0 Å². The molecule has 0 saturated heterocycles. The molecule has 1 N–H and O–H groups in total. The van der Waals surface area contributed by atoms with Gasteiger partial charge in [-0.2, -0.15) is 0 Å². The Morgan fingerprint density at radius 2 is 0.848 bits per heavy atom. The first kappa shape index (κ1) is 30.8. The van der Waals surface area contributed by atoms with E-state index in [1.807, 2.05) is 0 Å². The largest absolute Gasteiger partial charge is 0.506 e. The normalized spacial score (nSPS) is 11.4. The van der Waals surface area contributed by atoms with E-state index in [4.69, 9.17) is 0 Å². The number of aromatic hydroxyl groups is 1. The molecule has 1 aromatic carbocycles. The van der Waals surface area contributed by atoms with Crippen LogP contribution in [-0.2, 0) is 6.42 Å². The van der Waals surface area contributed by atoms with Crippen molar-refractivity contribution in [2.24, 2.45) is 0 Å². The van der Waals surface area contributed by atoms with Crippen LogP contribution in [0.4, 0.5) is 0 Å². The summed E-state index contributed by atoms with van der Waals surface area (Å²) in [5.74, 6) is 2.51. The Balaban J connectivity index is 1.97. The smallest absolute Gasteiger partial charge is 0.142 e. The summed E-state index contributed by atoms with van der Waals surface area (Å²) in [7, 11) is 0. The summed E-state index contributed by atoms with van der Waals surface area (Å²) in [6, 6.07) is 4.44. The van der Waals surface area contributed by atoms with E-state index < -0.39 is 0 Å². The number of unbranched alkanes of at least 4 members (excludes halogenated alkanes) is 17. The average molecular weight is 495 g/mol. The zero-order chi connectivity index (χ0) is 24.0. The van der Waals surface area contributed by atoms with Crippen molar-refractivity contribution in [3.63, 3.8) is 0 Å². The first-order valence-corrected chi connectivity index (χ1v) is 16.3. The van der Waals surface area contributed by atoms with Crippen molar-refractivity contribution in [3.05, 3.63) is 17.7 Å². The Kier molecular flexibility index (Phi) is 20.7. The van der Waals surface area contributed by atoms with Gasteiger partial charge in [-0.05, 0) is 42.0 Å². The number of aryl methyl sites for hydroxylation is 1. The van der Waals surface area contributed by atoms with E-state index in [2.05, 4.69) is 32.9 Å². The third kappa shape index (κ3) is 16.1. The van der Waals surface area contributed by atoms with Gasteiger partial charge in [0, 0.05) is 0 Å². The monoisotopic (exact) mass is 494 g/mol. The molecule has 1 rings (SSSR count). The Morgan fingerprint density at radius 1 is 0.515 bits per heavy atom. The van der Waals surface area contributed by atoms with Gasteiger partial charge >= 0.3 is 0 Å². The second kappa shape index (κ2) is 22.2. The molecular weight excluding hydrogens is 440 g/mol. The lowest BCUT2D eigenvalue weighted by molar-refractivity contribution is 0.448. The van der Waals surface area contributed by atoms with E-state index >= 15 is 0 Å². The van der Waals surface area contributed by atoms with Gasteiger partial charge in [0.15, 0.2) is 0 Å². The first-order valence-electron chi connectivity index (χ1n) is 14.3. The summed E-state index contributed by atoms with van der Waals surface area (Å²) in [6.45, 7) is 6.60. The van der Waals surface area contributed by atoms with Crippen molar-refractivity contribution in [2.45, 2.75) is 153 Å². The van der Waals surface area contributed by atoms with Crippen molar-refractivity contribution < 1.29 is 5.11 Å². The molecule has 0 atom stereocenters. The quantitative estimate of drug-likeness (QED) is 0.121. The number of benzene rings is 1. The van der Waals surface area contributed by atoms with Crippen molar-refractivity contribution in [3.8, 4) is 5.75 Å². The lowest BCUT2D eigenvalue weighted by Crippen LogP contribution is -1.90. The Bertz CT molecular complexity index is 545. The molecule has 0 aromatic heterocycles. The molecule has 0 aliphatic rings. The maximum absolute atomic E-state index is 10.5. The molecule has 0 aliphatic heterocycles. The zero-order valence-corrected chi connectivity index (χ0v) is 23.9. The highest BCUT2D eigenvalue weighted by molar-refractivity contribution is 8.00. The summed E-state index contributed by atoms with van der Waals surface area (Å²) < 4.78 is 0. The lowest BCUT2D eigenvalue weighted by Gasteiger charge is -2.12. The zero-order valence-electron chi connectivity index (χ0n) is 22.3. The minimum absolute atomic E-state index is 0.496. The molecule has 0 aliphatic carbocycles. The number of hydrogen-bond donors (Lipinski definition) is 1. The van der Waals surface area contributed by atoms with Gasteiger partial charge in [-0.25, -0.2) is 0 Å². The van der Waals surface area contributed by atoms with Gasteiger partial charge in [0.25, 0.3) is 0 Å². The van der Waals surface area contributed by atoms with Crippen LogP contribution in [0.2, 0.25) is 0 Å². The van der Waals surface area contributed by atoms with Gasteiger partial charge in [-0.3, -0.25) is 0 Å². The molecule has 0 fully saturated rings. The summed E-state index contributed by atoms with van der Waals surface area (Å²) in [4.78, 5) is 2.13. The van der Waals surface area contributed by atoms with Gasteiger partial charge in [-0.1, -0.05) is 130 Å². The van der Waals surface area contributed by atoms with E-state index in [0.717, 1.165) is 27.7 Å². The van der Waals surface area contributed by atoms with Gasteiger partial charge in [0.2, 0.25) is 0 Å². The van der Waals surface area contributed by atoms with Crippen LogP contribution in [-0.4, -0.2) is 16.6 Å². The lowest BCUT2D eigenvalue weighted by atomic mass is 10.0. The fourth-order valence-electron chi connectivity index (χ4n) is 4.54. The first-order chi connectivity index (χ1) is 16.2. The van der Waals surface area contributed by atoms with Crippen LogP contribution in [0.1, 0.15) is 142 Å². The minimum Gasteiger partial charge on any atom is -0.506 e. The van der Waals surface area contributed by atoms with E-state index in [0.29, 0.717) is 5.75 Å². The third-order valence-electron chi connectivity index (χ3n) is 6.52. The molecule has 1 nitrogen and oxygen atoms in total. The number of thioether (sulfide) groups is 2. The summed E-state index contributed by atoms with van der Waals surface area (Å²) in [5, 5.41) is 10.5. The predicted molar refractivity (Wildman–Crippen MR) is 153 cm³/mol. The van der Waals surface area contributed by atoms with Crippen LogP contribution in [0.3, 0.4) is 0 Å². The molecule has 1 aromatic rings. The van der Waals surface area contributed by atoms with E-state index in [9.17, 15) is 5.11 Å². The average Bonchev–Trinajstić information content (AvgIpc) is 2.81. The molecule has 192 valence electrons. The predicted octanol–water partition coefficient (Wildman–Crippen LogP) is 11.2. The van der Waals surface area contributed by atoms with Gasteiger partial charge in [0.1, 0.15) is 5.75 Å². The van der Waals surface area contributed by atoms with Crippen LogP contribution in [0.5, 0.6) is 5.75 Å². The van der Waals surface area contributed by atoms with Gasteiger partial charge < -0.3 is 5.11 Å². The molecule has 0 heterocycles. The summed E-state index contributed by atoms with van der Waals surface area (Å²) >= 11 is 3.52. The van der Waals surface area contributed by atoms with Crippen LogP contribution in [0.25, 0.3) is 0 Å². The third-order valence-corrected chi connectivity index (χ3v) is 8.34. The number of hydrogen-bond acceptors (Lipinski definition) is 3. The van der Waals surface area contributed by atoms with Crippen LogP contribution in [0.15, 0.2) is 21.9 Å². The fraction of sp³-hybridized carbons (Fsp3) is 0.800. The number of phenolic OH excluding ortho intramolecular Hbond substituents is 1. The molecule has 0 spiro atoms. The molecule has 0 bridgehead atoms. The molecule has 0 saturated carbocycles. The highest BCUT2D eigenvalue weighted by Gasteiger charge is 2.10. The minimum atomic E-state index is 0.496. The van der Waals surface area contributed by atoms with E-state index in [1.54, 1.807) is 23.5 Å². The second-order valence-electron chi connectivity index (χ2n) is 9.57. The Morgan fingerprint density at radius 3 is 1.18 bits per heavy atom. The van der Waals surface area contributed by atoms with Crippen LogP contribution < -0.4 is 0 Å². The molecular formula is C30H54OS2. The highest BCUT2D eigenvalue weighted by Crippen LogP contribution is 2.38. The molecule has 0 unspecified atom stereocenters. The SMILES string of the molecule is CCCCCCCCCCCCCCCCCCCCc1cc(SCC)c(O)c(SCC)c1. The maximum atomic E-state index is 10.5. The maximum Gasteiger partial charge on any atom is 0.142 e. The topological polar surface area (TPSA) is 20.2 Å². The number of phenols is 1. The van der Waals surface area contributed by atoms with Crippen molar-refractivity contribution in [2.75, 3.05) is 11.5 Å². The van der Waals surface area contributed by atoms with Crippen LogP contribution in [0, 0.1) is 0 Å². The Hall–Kier alpha value is -0.280. The highest BCUT2D eigenvalue weighted by atomic mass is 32.2. The molecule has 0 radical (unpaired) electrons. The summed E-state index contributed by atoms with van der Waals surface area (Å²) in [6.07, 6.45) is 26.8. The fourth-order valence-corrected chi connectivity index (χ4v) is 6.19. The van der Waals surface area contributed by atoms with Crippen molar-refractivity contribution >= 4 is 23.5 Å². The molecule has 33 heavy (non-hydrogen) atoms. The standard InChI is InChI=1S/C30H54OS2/c1-4-7-8-9-10-11-12-13-14-15-16-17-18-19-20-21-22-23-24-27-25-28(32-5-2)30(31)29(26-27)33-6-3/h25-26,31H,4-24H2,1-3H3. The number of rotatable bonds is 23. The summed E-state index contributed by atoms with van der Waals surface area (Å²) in [5.41, 5.74) is 1.40. The van der Waals surface area contributed by atoms with Gasteiger partial charge in [-0.15, -0.1) is 23.5 Å². The second-order valence-corrected chi connectivity index (χ2v) is 12.2. The molecule has 3 heteroatoms. The van der Waals surface area contributed by atoms with Crippen molar-refractivity contribution in [1.29, 1.82) is 0 Å². The van der Waals surface area contributed by atoms with E-state index in [1.165, 1.54) is 121 Å².